The first kappa shape index (κ1) is 26.1. The molecule has 14 nitrogen and oxygen atoms in total. The Morgan fingerprint density at radius 1 is 1.00 bits per heavy atom. The number of ether oxygens (including phenoxy) is 3. The largest absolute Gasteiger partial charge is 0.507 e. The van der Waals surface area contributed by atoms with Crippen LogP contribution in [0.5, 0.6) is 28.7 Å². The third-order valence-electron chi connectivity index (χ3n) is 6.16. The molecule has 4 rings (SSSR count). The van der Waals surface area contributed by atoms with Crippen LogP contribution in [-0.4, -0.2) is 110 Å². The van der Waals surface area contributed by atoms with Gasteiger partial charge in [-0.2, -0.15) is 0 Å². The number of aliphatic hydroxyl groups is 4. The summed E-state index contributed by atoms with van der Waals surface area (Å²) in [4.78, 5) is 25.0. The van der Waals surface area contributed by atoms with Crippen molar-refractivity contribution in [3.8, 4) is 28.7 Å². The van der Waals surface area contributed by atoms with Crippen LogP contribution in [-0.2, 0) is 4.74 Å². The number of carboxylic acid groups (broad SMARTS) is 1. The van der Waals surface area contributed by atoms with Gasteiger partial charge in [0.15, 0.2) is 17.3 Å². The number of phenols is 3. The van der Waals surface area contributed by atoms with Crippen LogP contribution in [0, 0.1) is 0 Å². The Morgan fingerprint density at radius 2 is 1.68 bits per heavy atom. The zero-order valence-electron chi connectivity index (χ0n) is 19.3. The van der Waals surface area contributed by atoms with Crippen molar-refractivity contribution in [1.82, 2.24) is 0 Å². The van der Waals surface area contributed by atoms with Crippen molar-refractivity contribution in [3.05, 3.63) is 39.9 Å². The smallest absolute Gasteiger partial charge is 0.363 e. The lowest BCUT2D eigenvalue weighted by molar-refractivity contribution is -0.277. The van der Waals surface area contributed by atoms with E-state index in [-0.39, 0.29) is 22.5 Å². The molecule has 1 aliphatic carbocycles. The molecule has 1 aliphatic heterocycles. The fourth-order valence-electron chi connectivity index (χ4n) is 4.32. The summed E-state index contributed by atoms with van der Waals surface area (Å²) in [6, 6.07) is 1.86. The highest BCUT2D eigenvalue weighted by Crippen LogP contribution is 2.52. The van der Waals surface area contributed by atoms with Crippen molar-refractivity contribution >= 4 is 17.5 Å². The second-order valence-corrected chi connectivity index (χ2v) is 8.21. The molecule has 1 heterocycles. The molecule has 0 saturated carbocycles. The minimum Gasteiger partial charge on any atom is -0.507 e. The molecule has 0 radical (unpaired) electrons. The van der Waals surface area contributed by atoms with Gasteiger partial charge in [0.1, 0.15) is 41.3 Å². The van der Waals surface area contributed by atoms with Gasteiger partial charge in [0.25, 0.3) is 7.11 Å². The Kier molecular flexibility index (Phi) is 6.70. The number of aromatic carboxylic acids is 1. The Morgan fingerprint density at radius 3 is 2.24 bits per heavy atom. The van der Waals surface area contributed by atoms with Crippen LogP contribution in [0.15, 0.2) is 12.1 Å². The van der Waals surface area contributed by atoms with E-state index in [1.165, 1.54) is 7.11 Å². The molecule has 1 saturated heterocycles. The van der Waals surface area contributed by atoms with E-state index in [0.29, 0.717) is 0 Å². The Balaban J connectivity index is 1.91. The maximum absolute atomic E-state index is 13.5. The van der Waals surface area contributed by atoms with E-state index in [1.807, 2.05) is 0 Å². The lowest BCUT2D eigenvalue weighted by Gasteiger charge is -2.39. The highest BCUT2D eigenvalue weighted by atomic mass is 16.7. The maximum atomic E-state index is 13.5. The molecule has 2 aliphatic rings. The third-order valence-corrected chi connectivity index (χ3v) is 6.16. The highest BCUT2D eigenvalue weighted by Gasteiger charge is 2.48. The first-order valence-electron chi connectivity index (χ1n) is 10.7. The zero-order valence-corrected chi connectivity index (χ0v) is 19.3. The van der Waals surface area contributed by atoms with Gasteiger partial charge < -0.3 is 55.1 Å². The summed E-state index contributed by atoms with van der Waals surface area (Å²) in [5, 5.41) is 81.1. The average molecular weight is 523 g/mol. The average Bonchev–Trinajstić information content (AvgIpc) is 2.86. The lowest BCUT2D eigenvalue weighted by atomic mass is 9.81. The summed E-state index contributed by atoms with van der Waals surface area (Å²) in [5.74, 6) is -6.46. The molecule has 0 amide bonds. The SMILES string of the molecule is COc1c(O)c(OC2OC(CO)C(O)C(O)C2O)c(O)c2c1C(=[O+]C)c1cc(O)c(C(=O)O)cc1C2=O. The Hall–Kier alpha value is -3.95. The fraction of sp³-hybridized carbons (Fsp3) is 0.348. The number of aromatic hydroxyl groups is 3. The van der Waals surface area contributed by atoms with Crippen LogP contribution in [0.2, 0.25) is 0 Å². The van der Waals surface area contributed by atoms with E-state index in [4.69, 9.17) is 18.6 Å². The molecule has 1 fully saturated rings. The molecule has 8 N–H and O–H groups in total. The van der Waals surface area contributed by atoms with Gasteiger partial charge in [0.05, 0.1) is 24.8 Å². The van der Waals surface area contributed by atoms with Crippen molar-refractivity contribution in [1.29, 1.82) is 0 Å². The van der Waals surface area contributed by atoms with Gasteiger partial charge in [-0.1, -0.05) is 0 Å². The first-order valence-corrected chi connectivity index (χ1v) is 10.7. The summed E-state index contributed by atoms with van der Waals surface area (Å²) in [6.45, 7) is -0.781. The predicted octanol–water partition coefficient (Wildman–Crippen LogP) is -1.37. The number of carbonyl (C=O) groups is 2. The van der Waals surface area contributed by atoms with Crippen molar-refractivity contribution in [2.75, 3.05) is 20.8 Å². The molecule has 2 aromatic carbocycles. The second kappa shape index (κ2) is 9.49. The molecule has 37 heavy (non-hydrogen) atoms. The molecule has 198 valence electrons. The van der Waals surface area contributed by atoms with Gasteiger partial charge in [-0.25, -0.2) is 4.79 Å². The van der Waals surface area contributed by atoms with Gasteiger partial charge in [0.2, 0.25) is 17.8 Å². The van der Waals surface area contributed by atoms with Crippen LogP contribution in [0.1, 0.15) is 41.8 Å². The molecular weight excluding hydrogens is 500 g/mol. The van der Waals surface area contributed by atoms with Crippen LogP contribution >= 0.6 is 0 Å². The van der Waals surface area contributed by atoms with E-state index in [9.17, 15) is 50.4 Å². The summed E-state index contributed by atoms with van der Waals surface area (Å²) in [6.07, 6.45) is -8.70. The maximum Gasteiger partial charge on any atom is 0.363 e. The molecule has 5 atom stereocenters. The van der Waals surface area contributed by atoms with Crippen molar-refractivity contribution in [3.63, 3.8) is 0 Å². The number of carboxylic acids is 1. The quantitative estimate of drug-likeness (QED) is 0.180. The van der Waals surface area contributed by atoms with E-state index < -0.39 is 88.9 Å². The minimum atomic E-state index is -1.92. The monoisotopic (exact) mass is 523 g/mol. The first-order chi connectivity index (χ1) is 17.5. The van der Waals surface area contributed by atoms with Gasteiger partial charge in [0, 0.05) is 5.56 Å². The number of phenolic OH excluding ortho intramolecular Hbond substituents is 2. The van der Waals surface area contributed by atoms with E-state index in [0.717, 1.165) is 19.2 Å². The fourth-order valence-corrected chi connectivity index (χ4v) is 4.32. The van der Waals surface area contributed by atoms with Crippen molar-refractivity contribution in [2.24, 2.45) is 0 Å². The van der Waals surface area contributed by atoms with E-state index >= 15 is 0 Å². The number of hydrogen-bond acceptors (Lipinski definition) is 12. The van der Waals surface area contributed by atoms with Gasteiger partial charge in [-0.15, -0.1) is 0 Å². The van der Waals surface area contributed by atoms with Gasteiger partial charge >= 0.3 is 11.8 Å². The number of rotatable bonds is 5. The minimum absolute atomic E-state index is 0.0535. The molecular formula is C23H23O14+. The predicted molar refractivity (Wildman–Crippen MR) is 119 cm³/mol. The number of methoxy groups -OCH3 is 1. The Bertz CT molecular complexity index is 1310. The van der Waals surface area contributed by atoms with E-state index in [2.05, 4.69) is 0 Å². The second-order valence-electron chi connectivity index (χ2n) is 8.21. The summed E-state index contributed by atoms with van der Waals surface area (Å²) >= 11 is 0. The van der Waals surface area contributed by atoms with Gasteiger partial charge in [-0.3, -0.25) is 9.22 Å². The van der Waals surface area contributed by atoms with Crippen LogP contribution in [0.3, 0.4) is 0 Å². The van der Waals surface area contributed by atoms with Crippen molar-refractivity contribution < 1.29 is 69.1 Å². The number of fused-ring (bicyclic) bond motifs is 2. The molecule has 0 bridgehead atoms. The molecule has 2 aromatic rings. The standard InChI is InChI=1S/C23H22O14/c1-34-19-7-4-9(25)8(22(32)33)3-6(7)13(26)11-12(19)20(35-2)18(31)21(15(11)28)37-23-17(30)16(29)14(27)10(5-24)36-23/h3-4,10,14,16-17,23-24,27,29-30H,5H2,1-2H3,(H3-,25,26,28,31,32,33)/p+1. The number of ketones is 2. The van der Waals surface area contributed by atoms with Crippen LogP contribution < -0.4 is 9.47 Å². The molecule has 5 unspecified atom stereocenters. The summed E-state index contributed by atoms with van der Waals surface area (Å²) in [5.41, 5.74) is -1.72. The zero-order chi connectivity index (χ0) is 27.3. The number of hydrogen-bond donors (Lipinski definition) is 8. The van der Waals surface area contributed by atoms with Crippen LogP contribution in [0.4, 0.5) is 0 Å². The molecule has 0 spiro atoms. The topological polar surface area (TPSA) is 235 Å². The number of benzene rings is 2. The van der Waals surface area contributed by atoms with Gasteiger partial charge in [-0.05, 0) is 12.1 Å². The molecule has 14 heteroatoms. The number of carbonyl (C=O) groups excluding carboxylic acids is 2. The highest BCUT2D eigenvalue weighted by molar-refractivity contribution is 6.31. The van der Waals surface area contributed by atoms with Crippen molar-refractivity contribution in [2.45, 2.75) is 30.7 Å². The summed E-state index contributed by atoms with van der Waals surface area (Å²) in [7, 11) is 2.30. The Labute approximate surface area is 207 Å². The lowest BCUT2D eigenvalue weighted by Crippen LogP contribution is -2.60. The van der Waals surface area contributed by atoms with Crippen LogP contribution in [0.25, 0.3) is 0 Å². The normalized spacial score (nSPS) is 25.9. The summed E-state index contributed by atoms with van der Waals surface area (Å²) < 4.78 is 21.3. The molecule has 0 aromatic heterocycles. The number of aliphatic hydroxyl groups excluding tert-OH is 4. The third kappa shape index (κ3) is 3.91. The van der Waals surface area contributed by atoms with E-state index in [1.54, 1.807) is 0 Å².